The minimum absolute atomic E-state index is 0.0914. The molecule has 4 nitrogen and oxygen atoms in total. The van der Waals surface area contributed by atoms with Crippen molar-refractivity contribution < 1.29 is 13.6 Å². The van der Waals surface area contributed by atoms with Crippen LogP contribution in [0.25, 0.3) is 10.2 Å². The number of benzene rings is 2. The topological polar surface area (TPSA) is 36.4 Å². The van der Waals surface area contributed by atoms with Crippen molar-refractivity contribution in [3.05, 3.63) is 59.7 Å². The van der Waals surface area contributed by atoms with Gasteiger partial charge in [-0.25, -0.2) is 13.8 Å². The van der Waals surface area contributed by atoms with E-state index < -0.39 is 11.6 Å². The van der Waals surface area contributed by atoms with Crippen molar-refractivity contribution in [3.63, 3.8) is 0 Å². The maximum atomic E-state index is 14.0. The van der Waals surface area contributed by atoms with Crippen LogP contribution in [-0.4, -0.2) is 43.0 Å². The molecule has 0 aliphatic carbocycles. The minimum atomic E-state index is -0.717. The molecule has 1 heterocycles. The van der Waals surface area contributed by atoms with Crippen molar-refractivity contribution in [1.29, 1.82) is 0 Å². The summed E-state index contributed by atoms with van der Waals surface area (Å²) in [4.78, 5) is 20.6. The highest BCUT2D eigenvalue weighted by atomic mass is 32.1. The van der Waals surface area contributed by atoms with E-state index >= 15 is 0 Å². The molecule has 0 radical (unpaired) electrons. The number of nitrogens with zero attached hydrogens (tertiary/aromatic N) is 3. The first-order valence-electron chi connectivity index (χ1n) is 8.18. The number of hydrogen-bond donors (Lipinski definition) is 0. The van der Waals surface area contributed by atoms with Gasteiger partial charge < -0.3 is 4.90 Å². The normalized spacial score (nSPS) is 11.3. The van der Waals surface area contributed by atoms with Gasteiger partial charge >= 0.3 is 0 Å². The lowest BCUT2D eigenvalue weighted by molar-refractivity contribution is -0.118. The predicted octanol–water partition coefficient (Wildman–Crippen LogP) is 3.71. The predicted molar refractivity (Wildman–Crippen MR) is 101 cm³/mol. The Balaban J connectivity index is 1.92. The second-order valence-electron chi connectivity index (χ2n) is 6.24. The van der Waals surface area contributed by atoms with Gasteiger partial charge in [-0.05, 0) is 25.7 Å². The Kier molecular flexibility index (Phi) is 5.58. The van der Waals surface area contributed by atoms with E-state index in [4.69, 9.17) is 0 Å². The van der Waals surface area contributed by atoms with Gasteiger partial charge in [0, 0.05) is 19.2 Å². The highest BCUT2D eigenvalue weighted by Crippen LogP contribution is 2.31. The van der Waals surface area contributed by atoms with Gasteiger partial charge in [0.2, 0.25) is 5.91 Å². The van der Waals surface area contributed by atoms with Crippen LogP contribution in [0.3, 0.4) is 0 Å². The van der Waals surface area contributed by atoms with Crippen molar-refractivity contribution in [1.82, 2.24) is 9.88 Å². The first-order valence-corrected chi connectivity index (χ1v) is 9.00. The van der Waals surface area contributed by atoms with Crippen LogP contribution in [0.2, 0.25) is 0 Å². The third-order valence-electron chi connectivity index (χ3n) is 3.90. The largest absolute Gasteiger partial charge is 0.308 e. The average molecular weight is 375 g/mol. The molecule has 3 aromatic rings. The molecule has 0 saturated carbocycles. The summed E-state index contributed by atoms with van der Waals surface area (Å²) in [6, 6.07) is 11.5. The third-order valence-corrected chi connectivity index (χ3v) is 4.93. The molecule has 0 bridgehead atoms. The summed E-state index contributed by atoms with van der Waals surface area (Å²) in [7, 11) is 3.82. The van der Waals surface area contributed by atoms with E-state index in [0.717, 1.165) is 23.0 Å². The number of thiazole rings is 1. The zero-order valence-corrected chi connectivity index (χ0v) is 15.4. The molecule has 0 aliphatic rings. The summed E-state index contributed by atoms with van der Waals surface area (Å²) in [6.07, 6.45) is 0.223. The number of carbonyl (C=O) groups excluding carboxylic acids is 1. The van der Waals surface area contributed by atoms with Gasteiger partial charge in [-0.15, -0.1) is 0 Å². The molecule has 0 unspecified atom stereocenters. The van der Waals surface area contributed by atoms with Crippen molar-refractivity contribution >= 4 is 32.6 Å². The number of aromatic nitrogens is 1. The standard InChI is InChI=1S/C19H19F2N3OS/c1-23(2)8-9-24(17(25)10-13-6-4-3-5-7-13)19-22-18-15(21)11-14(20)12-16(18)26-19/h3-7,11-12H,8-10H2,1-2H3. The quantitative estimate of drug-likeness (QED) is 0.659. The molecule has 136 valence electrons. The third kappa shape index (κ3) is 4.23. The smallest absolute Gasteiger partial charge is 0.233 e. The van der Waals surface area contributed by atoms with Gasteiger partial charge in [0.15, 0.2) is 10.9 Å². The molecule has 0 aliphatic heterocycles. The minimum Gasteiger partial charge on any atom is -0.308 e. The van der Waals surface area contributed by atoms with E-state index in [0.29, 0.717) is 22.9 Å². The van der Waals surface area contributed by atoms with Crippen LogP contribution in [0.1, 0.15) is 5.56 Å². The van der Waals surface area contributed by atoms with Crippen molar-refractivity contribution in [2.45, 2.75) is 6.42 Å². The Morgan fingerprint density at radius 1 is 1.12 bits per heavy atom. The molecule has 1 aromatic heterocycles. The van der Waals surface area contributed by atoms with Crippen LogP contribution in [-0.2, 0) is 11.2 Å². The lowest BCUT2D eigenvalue weighted by Crippen LogP contribution is -2.37. The molecular formula is C19H19F2N3OS. The van der Waals surface area contributed by atoms with E-state index in [2.05, 4.69) is 4.98 Å². The van der Waals surface area contributed by atoms with Crippen LogP contribution in [0.4, 0.5) is 13.9 Å². The zero-order chi connectivity index (χ0) is 18.7. The highest BCUT2D eigenvalue weighted by molar-refractivity contribution is 7.22. The van der Waals surface area contributed by atoms with Crippen LogP contribution in [0.5, 0.6) is 0 Å². The summed E-state index contributed by atoms with van der Waals surface area (Å²) < 4.78 is 27.8. The molecule has 3 rings (SSSR count). The maximum Gasteiger partial charge on any atom is 0.233 e. The first kappa shape index (κ1) is 18.4. The Morgan fingerprint density at radius 2 is 1.85 bits per heavy atom. The number of anilines is 1. The number of halogens is 2. The molecule has 2 aromatic carbocycles. The first-order chi connectivity index (χ1) is 12.4. The van der Waals surface area contributed by atoms with Crippen molar-refractivity contribution in [2.24, 2.45) is 0 Å². The number of hydrogen-bond acceptors (Lipinski definition) is 4. The molecule has 26 heavy (non-hydrogen) atoms. The van der Waals surface area contributed by atoms with E-state index in [9.17, 15) is 13.6 Å². The van der Waals surface area contributed by atoms with Crippen LogP contribution < -0.4 is 4.90 Å². The van der Waals surface area contributed by atoms with Gasteiger partial charge in [-0.1, -0.05) is 41.7 Å². The Morgan fingerprint density at radius 3 is 2.54 bits per heavy atom. The molecule has 0 N–H and O–H groups in total. The van der Waals surface area contributed by atoms with Crippen LogP contribution in [0.15, 0.2) is 42.5 Å². The Labute approximate surface area is 154 Å². The second kappa shape index (κ2) is 7.88. The SMILES string of the molecule is CN(C)CCN(C(=O)Cc1ccccc1)c1nc2c(F)cc(F)cc2s1. The van der Waals surface area contributed by atoms with Gasteiger partial charge in [0.1, 0.15) is 11.3 Å². The van der Waals surface area contributed by atoms with E-state index in [1.807, 2.05) is 49.3 Å². The molecule has 0 spiro atoms. The average Bonchev–Trinajstić information content (AvgIpc) is 2.99. The van der Waals surface area contributed by atoms with Gasteiger partial charge in [0.25, 0.3) is 0 Å². The lowest BCUT2D eigenvalue weighted by Gasteiger charge is -2.22. The Bertz CT molecular complexity index is 912. The zero-order valence-electron chi connectivity index (χ0n) is 14.6. The highest BCUT2D eigenvalue weighted by Gasteiger charge is 2.21. The van der Waals surface area contributed by atoms with E-state index in [1.54, 1.807) is 4.90 Å². The van der Waals surface area contributed by atoms with Gasteiger partial charge in [-0.3, -0.25) is 9.69 Å². The van der Waals surface area contributed by atoms with E-state index in [1.165, 1.54) is 6.07 Å². The van der Waals surface area contributed by atoms with Crippen LogP contribution >= 0.6 is 11.3 Å². The van der Waals surface area contributed by atoms with Crippen molar-refractivity contribution in [3.8, 4) is 0 Å². The molecule has 0 fully saturated rings. The summed E-state index contributed by atoms with van der Waals surface area (Å²) in [5, 5.41) is 0.382. The Hall–Kier alpha value is -2.38. The summed E-state index contributed by atoms with van der Waals surface area (Å²) >= 11 is 1.12. The summed E-state index contributed by atoms with van der Waals surface area (Å²) in [5.74, 6) is -1.50. The number of amides is 1. The van der Waals surface area contributed by atoms with Gasteiger partial charge in [-0.2, -0.15) is 0 Å². The second-order valence-corrected chi connectivity index (χ2v) is 7.25. The number of rotatable bonds is 6. The number of likely N-dealkylation sites (N-methyl/N-ethyl adjacent to an activating group) is 1. The molecule has 7 heteroatoms. The molecule has 1 amide bonds. The maximum absolute atomic E-state index is 14.0. The lowest BCUT2D eigenvalue weighted by atomic mass is 10.1. The molecule has 0 atom stereocenters. The summed E-state index contributed by atoms with van der Waals surface area (Å²) in [6.45, 7) is 1.05. The fourth-order valence-corrected chi connectivity index (χ4v) is 3.60. The number of carbonyl (C=O) groups is 1. The summed E-state index contributed by atoms with van der Waals surface area (Å²) in [5.41, 5.74) is 0.986. The monoisotopic (exact) mass is 375 g/mol. The van der Waals surface area contributed by atoms with E-state index in [-0.39, 0.29) is 17.8 Å². The fraction of sp³-hybridized carbons (Fsp3) is 0.263. The van der Waals surface area contributed by atoms with Crippen LogP contribution in [0, 0.1) is 11.6 Å². The number of fused-ring (bicyclic) bond motifs is 1. The molecule has 0 saturated heterocycles. The van der Waals surface area contributed by atoms with Crippen molar-refractivity contribution in [2.75, 3.05) is 32.1 Å². The van der Waals surface area contributed by atoms with Gasteiger partial charge in [0.05, 0.1) is 11.1 Å². The molecular weight excluding hydrogens is 356 g/mol. The fourth-order valence-electron chi connectivity index (χ4n) is 2.55.